The molecule has 10 nitrogen and oxygen atoms in total. The molecule has 1 unspecified atom stereocenters. The molecule has 0 saturated carbocycles. The van der Waals surface area contributed by atoms with E-state index in [1.54, 1.807) is 18.2 Å². The Bertz CT molecular complexity index is 1520. The molecular weight excluding hydrogens is 603 g/mol. The first kappa shape index (κ1) is 32.8. The molecule has 0 aliphatic heterocycles. The molecule has 0 spiro atoms. The summed E-state index contributed by atoms with van der Waals surface area (Å²) in [5.41, 5.74) is 0.970. The van der Waals surface area contributed by atoms with E-state index >= 15 is 0 Å². The van der Waals surface area contributed by atoms with Crippen molar-refractivity contribution in [1.82, 2.24) is 10.2 Å². The molecule has 0 aliphatic rings. The third-order valence-corrected chi connectivity index (χ3v) is 8.32. The Morgan fingerprint density at radius 1 is 0.976 bits per heavy atom. The Hall–Kier alpha value is -3.67. The molecule has 224 valence electrons. The number of nitrogens with zero attached hydrogens (tertiary/aromatic N) is 3. The summed E-state index contributed by atoms with van der Waals surface area (Å²) in [7, 11) is -4.07. The van der Waals surface area contributed by atoms with Gasteiger partial charge in [0.05, 0.1) is 26.9 Å². The number of hydrogen-bond donors (Lipinski definition) is 1. The normalized spacial score (nSPS) is 11.9. The Morgan fingerprint density at radius 2 is 1.69 bits per heavy atom. The number of amides is 2. The fraction of sp³-hybridized carbons (Fsp3) is 0.310. The molecule has 0 radical (unpaired) electrons. The fourth-order valence-corrected chi connectivity index (χ4v) is 5.43. The smallest absolute Gasteiger partial charge is 0.271 e. The molecule has 0 saturated heterocycles. The van der Waals surface area contributed by atoms with Gasteiger partial charge >= 0.3 is 0 Å². The van der Waals surface area contributed by atoms with Crippen LogP contribution in [0.5, 0.6) is 0 Å². The highest BCUT2D eigenvalue weighted by Gasteiger charge is 2.33. The Balaban J connectivity index is 2.07. The highest BCUT2D eigenvalue weighted by Crippen LogP contribution is 2.26. The first-order valence-corrected chi connectivity index (χ1v) is 15.8. The van der Waals surface area contributed by atoms with Gasteiger partial charge in [-0.25, -0.2) is 8.42 Å². The van der Waals surface area contributed by atoms with E-state index < -0.39 is 39.3 Å². The van der Waals surface area contributed by atoms with Gasteiger partial charge in [0.25, 0.3) is 5.69 Å². The number of hydrogen-bond acceptors (Lipinski definition) is 6. The molecule has 2 amide bonds. The zero-order valence-electron chi connectivity index (χ0n) is 23.2. The summed E-state index contributed by atoms with van der Waals surface area (Å²) in [6.07, 6.45) is 2.64. The summed E-state index contributed by atoms with van der Waals surface area (Å²) in [4.78, 5) is 39.7. The van der Waals surface area contributed by atoms with Gasteiger partial charge in [0.2, 0.25) is 21.8 Å². The monoisotopic (exact) mass is 634 g/mol. The maximum atomic E-state index is 14.1. The van der Waals surface area contributed by atoms with Crippen molar-refractivity contribution in [2.45, 2.75) is 38.8 Å². The summed E-state index contributed by atoms with van der Waals surface area (Å²) in [6, 6.07) is 17.9. The summed E-state index contributed by atoms with van der Waals surface area (Å²) < 4.78 is 26.5. The van der Waals surface area contributed by atoms with E-state index in [1.165, 1.54) is 23.1 Å². The molecule has 0 heterocycles. The van der Waals surface area contributed by atoms with Crippen molar-refractivity contribution in [3.8, 4) is 0 Å². The average Bonchev–Trinajstić information content (AvgIpc) is 2.95. The third kappa shape index (κ3) is 9.17. The quantitative estimate of drug-likeness (QED) is 0.147. The van der Waals surface area contributed by atoms with E-state index in [2.05, 4.69) is 5.32 Å². The van der Waals surface area contributed by atoms with Crippen LogP contribution < -0.4 is 9.62 Å². The molecule has 13 heteroatoms. The lowest BCUT2D eigenvalue weighted by Gasteiger charge is -2.33. The lowest BCUT2D eigenvalue weighted by molar-refractivity contribution is -0.384. The van der Waals surface area contributed by atoms with Crippen molar-refractivity contribution in [3.63, 3.8) is 0 Å². The van der Waals surface area contributed by atoms with E-state index in [4.69, 9.17) is 23.2 Å². The summed E-state index contributed by atoms with van der Waals surface area (Å²) in [5.74, 6) is -1.09. The van der Waals surface area contributed by atoms with Crippen LogP contribution in [0.2, 0.25) is 10.0 Å². The fourth-order valence-electron chi connectivity index (χ4n) is 4.27. The predicted octanol–water partition coefficient (Wildman–Crippen LogP) is 5.22. The number of unbranched alkanes of at least 4 members (excludes halogenated alkanes) is 1. The molecular formula is C29H32Cl2N4O6S. The Morgan fingerprint density at radius 3 is 2.31 bits per heavy atom. The van der Waals surface area contributed by atoms with E-state index in [0.29, 0.717) is 17.1 Å². The van der Waals surface area contributed by atoms with Crippen LogP contribution in [0.1, 0.15) is 30.9 Å². The van der Waals surface area contributed by atoms with Crippen molar-refractivity contribution in [2.24, 2.45) is 0 Å². The van der Waals surface area contributed by atoms with Crippen molar-refractivity contribution in [3.05, 3.63) is 104 Å². The SMILES string of the molecule is CCCCNC(=O)C(Cc1ccccc1)N(Cc1ccc(Cl)c(Cl)c1)C(=O)CN(c1cccc([N+](=O)[O-])c1)S(C)(=O)=O. The van der Waals surface area contributed by atoms with Crippen LogP contribution >= 0.6 is 23.2 Å². The van der Waals surface area contributed by atoms with Crippen LogP contribution in [-0.4, -0.2) is 55.4 Å². The number of nitrogens with one attached hydrogen (secondary N) is 1. The van der Waals surface area contributed by atoms with Crippen LogP contribution in [-0.2, 0) is 32.6 Å². The number of anilines is 1. The van der Waals surface area contributed by atoms with Crippen LogP contribution in [0.3, 0.4) is 0 Å². The van der Waals surface area contributed by atoms with E-state index in [0.717, 1.165) is 35.0 Å². The van der Waals surface area contributed by atoms with Gasteiger partial charge in [-0.3, -0.25) is 24.0 Å². The molecule has 42 heavy (non-hydrogen) atoms. The highest BCUT2D eigenvalue weighted by atomic mass is 35.5. The van der Waals surface area contributed by atoms with Gasteiger partial charge in [-0.15, -0.1) is 0 Å². The maximum Gasteiger partial charge on any atom is 0.271 e. The Kier molecular flexibility index (Phi) is 11.7. The Labute approximate surface area is 255 Å². The molecule has 3 aromatic rings. The molecule has 3 rings (SSSR count). The molecule has 3 aromatic carbocycles. The second-order valence-corrected chi connectivity index (χ2v) is 12.4. The van der Waals surface area contributed by atoms with Crippen LogP contribution in [0, 0.1) is 10.1 Å². The first-order valence-electron chi connectivity index (χ1n) is 13.2. The second kappa shape index (κ2) is 15.0. The number of halogens is 2. The number of nitro groups is 1. The van der Waals surface area contributed by atoms with Gasteiger partial charge < -0.3 is 10.2 Å². The van der Waals surface area contributed by atoms with Gasteiger partial charge in [-0.1, -0.05) is 79.0 Å². The van der Waals surface area contributed by atoms with Gasteiger partial charge in [0.1, 0.15) is 12.6 Å². The number of sulfonamides is 1. The van der Waals surface area contributed by atoms with Crippen molar-refractivity contribution < 1.29 is 22.9 Å². The third-order valence-electron chi connectivity index (χ3n) is 6.45. The molecule has 0 fully saturated rings. The predicted molar refractivity (Wildman–Crippen MR) is 164 cm³/mol. The lowest BCUT2D eigenvalue weighted by Crippen LogP contribution is -2.53. The summed E-state index contributed by atoms with van der Waals surface area (Å²) >= 11 is 12.3. The largest absolute Gasteiger partial charge is 0.354 e. The van der Waals surface area contributed by atoms with Crippen molar-refractivity contribution >= 4 is 56.4 Å². The van der Waals surface area contributed by atoms with Gasteiger partial charge in [0, 0.05) is 31.6 Å². The van der Waals surface area contributed by atoms with E-state index in [-0.39, 0.29) is 29.4 Å². The number of benzene rings is 3. The maximum absolute atomic E-state index is 14.1. The minimum absolute atomic E-state index is 0.0541. The average molecular weight is 636 g/mol. The van der Waals surface area contributed by atoms with Crippen molar-refractivity contribution in [1.29, 1.82) is 0 Å². The lowest BCUT2D eigenvalue weighted by atomic mass is 10.0. The molecule has 0 bridgehead atoms. The molecule has 1 atom stereocenters. The van der Waals surface area contributed by atoms with E-state index in [9.17, 15) is 28.1 Å². The molecule has 1 N–H and O–H groups in total. The van der Waals surface area contributed by atoms with Crippen LogP contribution in [0.4, 0.5) is 11.4 Å². The first-order chi connectivity index (χ1) is 19.9. The van der Waals surface area contributed by atoms with Gasteiger partial charge in [-0.05, 0) is 35.7 Å². The van der Waals surface area contributed by atoms with E-state index in [1.807, 2.05) is 37.3 Å². The zero-order valence-corrected chi connectivity index (χ0v) is 25.5. The highest BCUT2D eigenvalue weighted by molar-refractivity contribution is 7.92. The summed E-state index contributed by atoms with van der Waals surface area (Å²) in [5, 5.41) is 14.8. The minimum Gasteiger partial charge on any atom is -0.354 e. The zero-order chi connectivity index (χ0) is 30.9. The van der Waals surface area contributed by atoms with Crippen LogP contribution in [0.15, 0.2) is 72.8 Å². The van der Waals surface area contributed by atoms with Crippen molar-refractivity contribution in [2.75, 3.05) is 23.7 Å². The number of nitro benzene ring substituents is 1. The van der Waals surface area contributed by atoms with Gasteiger partial charge in [-0.2, -0.15) is 0 Å². The number of rotatable bonds is 14. The molecule has 0 aliphatic carbocycles. The number of carbonyl (C=O) groups excluding carboxylic acids is 2. The minimum atomic E-state index is -4.07. The summed E-state index contributed by atoms with van der Waals surface area (Å²) in [6.45, 7) is 1.61. The topological polar surface area (TPSA) is 130 Å². The van der Waals surface area contributed by atoms with Crippen LogP contribution in [0.25, 0.3) is 0 Å². The molecule has 0 aromatic heterocycles. The standard InChI is InChI=1S/C29H32Cl2N4O6S/c1-3-4-15-32-29(37)27(17-21-9-6-5-7-10-21)33(19-22-13-14-25(30)26(31)16-22)28(36)20-34(42(2,40)41)23-11-8-12-24(18-23)35(38)39/h5-14,16,18,27H,3-4,15,17,19-20H2,1-2H3,(H,32,37). The number of carbonyl (C=O) groups is 2. The van der Waals surface area contributed by atoms with Gasteiger partial charge in [0.15, 0.2) is 0 Å². The number of non-ortho nitro benzene ring substituents is 1. The second-order valence-electron chi connectivity index (χ2n) is 9.67.